The largest absolute Gasteiger partial charge is 0.394 e. The lowest BCUT2D eigenvalue weighted by atomic mass is 9.86. The first kappa shape index (κ1) is 16.1. The van der Waals surface area contributed by atoms with Crippen molar-refractivity contribution in [3.8, 4) is 0 Å². The fraction of sp³-hybridized carbons (Fsp3) is 0.812. The number of aromatic nitrogens is 2. The Kier molecular flexibility index (Phi) is 4.81. The van der Waals surface area contributed by atoms with Crippen LogP contribution in [0.15, 0.2) is 0 Å². The van der Waals surface area contributed by atoms with Crippen LogP contribution in [0, 0.1) is 0 Å². The van der Waals surface area contributed by atoms with Crippen LogP contribution < -0.4 is 11.1 Å². The van der Waals surface area contributed by atoms with Gasteiger partial charge in [0, 0.05) is 19.7 Å². The molecule has 0 aromatic carbocycles. The minimum Gasteiger partial charge on any atom is -0.394 e. The molecule has 0 saturated carbocycles. The maximum absolute atomic E-state index is 6.28. The summed E-state index contributed by atoms with van der Waals surface area (Å²) >= 11 is 0. The van der Waals surface area contributed by atoms with E-state index in [1.165, 1.54) is 0 Å². The van der Waals surface area contributed by atoms with Gasteiger partial charge in [-0.2, -0.15) is 5.10 Å². The first-order valence-electron chi connectivity index (χ1n) is 8.15. The topological polar surface area (TPSA) is 65.1 Å². The number of nitrogen functional groups attached to an aromatic ring is 1. The van der Waals surface area contributed by atoms with E-state index in [1.807, 2.05) is 11.7 Å². The van der Waals surface area contributed by atoms with Gasteiger partial charge in [-0.3, -0.25) is 4.68 Å². The summed E-state index contributed by atoms with van der Waals surface area (Å²) in [6.45, 7) is 9.47. The normalized spacial score (nSPS) is 21.7. The monoisotopic (exact) mass is 294 g/mol. The standard InChI is InChI=1S/C16H30N4O/c1-6-16(7-2)10-12(8-9-21-16)18-15-13(17)14(11(3)4)19-20(15)5/h11-12,18H,6-10,17H2,1-5H3. The smallest absolute Gasteiger partial charge is 0.148 e. The zero-order valence-electron chi connectivity index (χ0n) is 14.1. The Balaban J connectivity index is 2.15. The Hall–Kier alpha value is -1.23. The Morgan fingerprint density at radius 1 is 1.43 bits per heavy atom. The van der Waals surface area contributed by atoms with E-state index >= 15 is 0 Å². The second-order valence-electron chi connectivity index (χ2n) is 6.50. The fourth-order valence-corrected chi connectivity index (χ4v) is 3.25. The van der Waals surface area contributed by atoms with E-state index < -0.39 is 0 Å². The van der Waals surface area contributed by atoms with Crippen molar-refractivity contribution in [3.05, 3.63) is 5.69 Å². The molecule has 0 spiro atoms. The minimum atomic E-state index is 0.0180. The summed E-state index contributed by atoms with van der Waals surface area (Å²) in [7, 11) is 1.96. The summed E-state index contributed by atoms with van der Waals surface area (Å²) in [5.74, 6) is 1.29. The Bertz CT molecular complexity index is 477. The number of hydrogen-bond donors (Lipinski definition) is 2. The molecule has 5 nitrogen and oxygen atoms in total. The van der Waals surface area contributed by atoms with Crippen LogP contribution in [0.4, 0.5) is 11.5 Å². The van der Waals surface area contributed by atoms with Crippen LogP contribution in [-0.4, -0.2) is 28.0 Å². The van der Waals surface area contributed by atoms with Gasteiger partial charge in [-0.1, -0.05) is 27.7 Å². The highest BCUT2D eigenvalue weighted by Gasteiger charge is 2.35. The van der Waals surface area contributed by atoms with Crippen molar-refractivity contribution in [2.24, 2.45) is 7.05 Å². The molecule has 1 fully saturated rings. The molecule has 5 heteroatoms. The molecule has 0 radical (unpaired) electrons. The molecule has 1 aromatic heterocycles. The molecule has 0 aliphatic carbocycles. The molecule has 1 aromatic rings. The van der Waals surface area contributed by atoms with E-state index in [1.54, 1.807) is 0 Å². The van der Waals surface area contributed by atoms with Crippen molar-refractivity contribution >= 4 is 11.5 Å². The maximum Gasteiger partial charge on any atom is 0.148 e. The summed E-state index contributed by atoms with van der Waals surface area (Å²) in [6.07, 6.45) is 4.16. The number of ether oxygens (including phenoxy) is 1. The summed E-state index contributed by atoms with van der Waals surface area (Å²) in [5, 5.41) is 8.16. The van der Waals surface area contributed by atoms with Gasteiger partial charge in [0.2, 0.25) is 0 Å². The number of anilines is 2. The predicted octanol–water partition coefficient (Wildman–Crippen LogP) is 3.28. The molecule has 1 saturated heterocycles. The maximum atomic E-state index is 6.28. The third-order valence-corrected chi connectivity index (χ3v) is 4.78. The average Bonchev–Trinajstić information content (AvgIpc) is 2.75. The minimum absolute atomic E-state index is 0.0180. The third-order valence-electron chi connectivity index (χ3n) is 4.78. The lowest BCUT2D eigenvalue weighted by Crippen LogP contribution is -2.44. The Morgan fingerprint density at radius 2 is 2.10 bits per heavy atom. The van der Waals surface area contributed by atoms with Gasteiger partial charge in [0.25, 0.3) is 0 Å². The van der Waals surface area contributed by atoms with Crippen molar-refractivity contribution in [1.82, 2.24) is 9.78 Å². The first-order valence-corrected chi connectivity index (χ1v) is 8.15. The predicted molar refractivity (Wildman–Crippen MR) is 87.6 cm³/mol. The van der Waals surface area contributed by atoms with Gasteiger partial charge in [-0.05, 0) is 31.6 Å². The van der Waals surface area contributed by atoms with Crippen molar-refractivity contribution in [3.63, 3.8) is 0 Å². The van der Waals surface area contributed by atoms with Gasteiger partial charge >= 0.3 is 0 Å². The average molecular weight is 294 g/mol. The highest BCUT2D eigenvalue weighted by Crippen LogP contribution is 2.34. The van der Waals surface area contributed by atoms with Crippen LogP contribution in [0.25, 0.3) is 0 Å². The van der Waals surface area contributed by atoms with Crippen molar-refractivity contribution in [2.45, 2.75) is 70.9 Å². The molecule has 1 atom stereocenters. The van der Waals surface area contributed by atoms with Gasteiger partial charge in [0.05, 0.1) is 17.0 Å². The Labute approximate surface area is 128 Å². The summed E-state index contributed by atoms with van der Waals surface area (Å²) in [5.41, 5.74) is 8.06. The van der Waals surface area contributed by atoms with Crippen LogP contribution in [0.3, 0.4) is 0 Å². The molecule has 0 amide bonds. The van der Waals surface area contributed by atoms with Gasteiger partial charge in [-0.15, -0.1) is 0 Å². The van der Waals surface area contributed by atoms with Crippen LogP contribution >= 0.6 is 0 Å². The highest BCUT2D eigenvalue weighted by molar-refractivity contribution is 5.66. The SMILES string of the molecule is CCC1(CC)CC(Nc2c(N)c(C(C)C)nn2C)CCO1. The molecule has 3 N–H and O–H groups in total. The van der Waals surface area contributed by atoms with Gasteiger partial charge in [0.15, 0.2) is 0 Å². The lowest BCUT2D eigenvalue weighted by Gasteiger charge is -2.40. The number of nitrogens with one attached hydrogen (secondary N) is 1. The van der Waals surface area contributed by atoms with Crippen molar-refractivity contribution < 1.29 is 4.74 Å². The van der Waals surface area contributed by atoms with Crippen LogP contribution in [0.5, 0.6) is 0 Å². The molecule has 2 rings (SSSR count). The summed E-state index contributed by atoms with van der Waals surface area (Å²) in [6, 6.07) is 0.399. The van der Waals surface area contributed by atoms with E-state index in [9.17, 15) is 0 Å². The van der Waals surface area contributed by atoms with Crippen molar-refractivity contribution in [1.29, 1.82) is 0 Å². The number of aryl methyl sites for hydroxylation is 1. The van der Waals surface area contributed by atoms with E-state index in [0.29, 0.717) is 12.0 Å². The van der Waals surface area contributed by atoms with Crippen molar-refractivity contribution in [2.75, 3.05) is 17.7 Å². The zero-order chi connectivity index (χ0) is 15.6. The fourth-order valence-electron chi connectivity index (χ4n) is 3.25. The number of nitrogens with two attached hydrogens (primary N) is 1. The number of nitrogens with zero attached hydrogens (tertiary/aromatic N) is 2. The van der Waals surface area contributed by atoms with E-state index in [4.69, 9.17) is 10.5 Å². The second-order valence-corrected chi connectivity index (χ2v) is 6.50. The van der Waals surface area contributed by atoms with E-state index in [-0.39, 0.29) is 5.60 Å². The van der Waals surface area contributed by atoms with Crippen LogP contribution in [0.2, 0.25) is 0 Å². The molecule has 120 valence electrons. The number of rotatable bonds is 5. The first-order chi connectivity index (χ1) is 9.92. The summed E-state index contributed by atoms with van der Waals surface area (Å²) in [4.78, 5) is 0. The molecule has 2 heterocycles. The molecule has 1 unspecified atom stereocenters. The molecular weight excluding hydrogens is 264 g/mol. The third kappa shape index (κ3) is 3.18. The van der Waals surface area contributed by atoms with E-state index in [0.717, 1.165) is 49.5 Å². The van der Waals surface area contributed by atoms with E-state index in [2.05, 4.69) is 38.1 Å². The van der Waals surface area contributed by atoms with Gasteiger partial charge in [-0.25, -0.2) is 0 Å². The molecular formula is C16H30N4O. The number of hydrogen-bond acceptors (Lipinski definition) is 4. The van der Waals surface area contributed by atoms with Crippen LogP contribution in [-0.2, 0) is 11.8 Å². The van der Waals surface area contributed by atoms with Crippen LogP contribution in [0.1, 0.15) is 65.0 Å². The highest BCUT2D eigenvalue weighted by atomic mass is 16.5. The zero-order valence-corrected chi connectivity index (χ0v) is 14.1. The quantitative estimate of drug-likeness (QED) is 0.874. The molecule has 1 aliphatic heterocycles. The van der Waals surface area contributed by atoms with Gasteiger partial charge in [0.1, 0.15) is 5.82 Å². The second kappa shape index (κ2) is 6.26. The Morgan fingerprint density at radius 3 is 2.62 bits per heavy atom. The molecule has 21 heavy (non-hydrogen) atoms. The lowest BCUT2D eigenvalue weighted by molar-refractivity contribution is -0.0865. The van der Waals surface area contributed by atoms with Gasteiger partial charge < -0.3 is 15.8 Å². The molecule has 1 aliphatic rings. The molecule has 0 bridgehead atoms. The summed E-state index contributed by atoms with van der Waals surface area (Å²) < 4.78 is 7.92.